The van der Waals surface area contributed by atoms with Gasteiger partial charge < -0.3 is 23.8 Å². The van der Waals surface area contributed by atoms with Crippen molar-refractivity contribution in [3.05, 3.63) is 54.1 Å². The second-order valence-corrected chi connectivity index (χ2v) is 6.40. The first-order valence-electron chi connectivity index (χ1n) is 9.22. The third-order valence-corrected chi connectivity index (χ3v) is 4.64. The molecule has 0 radical (unpaired) electrons. The van der Waals surface area contributed by atoms with Crippen LogP contribution in [0.4, 0.5) is 0 Å². The molecule has 1 aliphatic rings. The molecule has 0 aliphatic carbocycles. The molecule has 1 saturated heterocycles. The summed E-state index contributed by atoms with van der Waals surface area (Å²) in [5.74, 6) is 2.23. The molecule has 0 amide bonds. The Morgan fingerprint density at radius 3 is 2.44 bits per heavy atom. The van der Waals surface area contributed by atoms with E-state index in [0.717, 1.165) is 29.4 Å². The highest BCUT2D eigenvalue weighted by Crippen LogP contribution is 2.29. The van der Waals surface area contributed by atoms with E-state index in [-0.39, 0.29) is 0 Å². The topological polar surface area (TPSA) is 40.2 Å². The number of hydrogen-bond acceptors (Lipinski definition) is 5. The van der Waals surface area contributed by atoms with Crippen LogP contribution in [0.15, 0.2) is 48.5 Å². The van der Waals surface area contributed by atoms with Gasteiger partial charge in [-0.3, -0.25) is 0 Å². The van der Waals surface area contributed by atoms with E-state index in [1.807, 2.05) is 55.5 Å². The average molecular weight is 388 g/mol. The minimum absolute atomic E-state index is 0.433. The summed E-state index contributed by atoms with van der Waals surface area (Å²) < 4.78 is 22.7. The van der Waals surface area contributed by atoms with Crippen molar-refractivity contribution in [1.29, 1.82) is 0 Å². The van der Waals surface area contributed by atoms with Gasteiger partial charge in [0, 0.05) is 18.7 Å². The SMILES string of the molecule is CCOc1cc(C(=S)N2CCOCC2)ccc1OCCOc1ccccc1. The van der Waals surface area contributed by atoms with Crippen molar-refractivity contribution in [3.63, 3.8) is 0 Å². The summed E-state index contributed by atoms with van der Waals surface area (Å²) in [5, 5.41) is 0. The summed E-state index contributed by atoms with van der Waals surface area (Å²) in [5.41, 5.74) is 0.961. The van der Waals surface area contributed by atoms with Crippen molar-refractivity contribution in [3.8, 4) is 17.2 Å². The molecular formula is C21H25NO4S. The Labute approximate surface area is 165 Å². The number of para-hydroxylation sites is 1. The van der Waals surface area contributed by atoms with Crippen LogP contribution in [0.1, 0.15) is 12.5 Å². The minimum atomic E-state index is 0.433. The van der Waals surface area contributed by atoms with Crippen LogP contribution in [-0.4, -0.2) is 56.0 Å². The summed E-state index contributed by atoms with van der Waals surface area (Å²) in [6.45, 7) is 6.46. The minimum Gasteiger partial charge on any atom is -0.490 e. The molecule has 1 aliphatic heterocycles. The first-order chi connectivity index (χ1) is 13.3. The van der Waals surface area contributed by atoms with Gasteiger partial charge in [-0.2, -0.15) is 0 Å². The van der Waals surface area contributed by atoms with E-state index in [9.17, 15) is 0 Å². The quantitative estimate of drug-likeness (QED) is 0.510. The highest BCUT2D eigenvalue weighted by atomic mass is 32.1. The normalized spacial score (nSPS) is 13.9. The predicted molar refractivity (Wildman–Crippen MR) is 109 cm³/mol. The van der Waals surface area contributed by atoms with Gasteiger partial charge in [0.05, 0.1) is 19.8 Å². The van der Waals surface area contributed by atoms with Gasteiger partial charge >= 0.3 is 0 Å². The molecular weight excluding hydrogens is 362 g/mol. The van der Waals surface area contributed by atoms with Gasteiger partial charge in [0.2, 0.25) is 0 Å². The second-order valence-electron chi connectivity index (χ2n) is 6.01. The van der Waals surface area contributed by atoms with Gasteiger partial charge in [-0.05, 0) is 37.3 Å². The molecule has 0 N–H and O–H groups in total. The smallest absolute Gasteiger partial charge is 0.161 e. The third-order valence-electron chi connectivity index (χ3n) is 4.14. The van der Waals surface area contributed by atoms with Crippen molar-refractivity contribution < 1.29 is 18.9 Å². The largest absolute Gasteiger partial charge is 0.490 e. The highest BCUT2D eigenvalue weighted by Gasteiger charge is 2.17. The molecule has 1 heterocycles. The molecule has 3 rings (SSSR count). The molecule has 1 fully saturated rings. The first-order valence-corrected chi connectivity index (χ1v) is 9.63. The van der Waals surface area contributed by atoms with Crippen LogP contribution in [0.2, 0.25) is 0 Å². The Morgan fingerprint density at radius 1 is 0.963 bits per heavy atom. The zero-order valence-electron chi connectivity index (χ0n) is 15.6. The summed E-state index contributed by atoms with van der Waals surface area (Å²) in [7, 11) is 0. The summed E-state index contributed by atoms with van der Waals surface area (Å²) in [4.78, 5) is 2.98. The van der Waals surface area contributed by atoms with Crippen molar-refractivity contribution in [2.24, 2.45) is 0 Å². The number of thiocarbonyl (C=S) groups is 1. The second kappa shape index (κ2) is 10.1. The highest BCUT2D eigenvalue weighted by molar-refractivity contribution is 7.80. The molecule has 0 aromatic heterocycles. The number of morpholine rings is 1. The maximum Gasteiger partial charge on any atom is 0.161 e. The van der Waals surface area contributed by atoms with Gasteiger partial charge in [-0.1, -0.05) is 30.4 Å². The lowest BCUT2D eigenvalue weighted by molar-refractivity contribution is 0.0693. The van der Waals surface area contributed by atoms with E-state index in [2.05, 4.69) is 4.90 Å². The van der Waals surface area contributed by atoms with Crippen molar-refractivity contribution >= 4 is 17.2 Å². The maximum atomic E-state index is 5.86. The number of ether oxygens (including phenoxy) is 4. The van der Waals surface area contributed by atoms with E-state index in [4.69, 9.17) is 31.2 Å². The molecule has 0 atom stereocenters. The lowest BCUT2D eigenvalue weighted by Gasteiger charge is -2.29. The molecule has 0 saturated carbocycles. The molecule has 0 spiro atoms. The van der Waals surface area contributed by atoms with Crippen LogP contribution in [0, 0.1) is 0 Å². The number of benzene rings is 2. The van der Waals surface area contributed by atoms with E-state index in [1.165, 1.54) is 0 Å². The van der Waals surface area contributed by atoms with Gasteiger partial charge in [0.1, 0.15) is 24.0 Å². The van der Waals surface area contributed by atoms with Crippen LogP contribution < -0.4 is 14.2 Å². The van der Waals surface area contributed by atoms with E-state index < -0.39 is 0 Å². The molecule has 0 bridgehead atoms. The molecule has 2 aromatic carbocycles. The van der Waals surface area contributed by atoms with E-state index in [0.29, 0.717) is 44.5 Å². The Kier molecular flexibility index (Phi) is 7.30. The summed E-state index contributed by atoms with van der Waals surface area (Å²) in [6.07, 6.45) is 0. The number of rotatable bonds is 8. The van der Waals surface area contributed by atoms with E-state index >= 15 is 0 Å². The van der Waals surface area contributed by atoms with Crippen molar-refractivity contribution in [1.82, 2.24) is 4.90 Å². The summed E-state index contributed by atoms with van der Waals surface area (Å²) in [6, 6.07) is 15.5. The zero-order chi connectivity index (χ0) is 18.9. The lowest BCUT2D eigenvalue weighted by atomic mass is 10.1. The van der Waals surface area contributed by atoms with Crippen LogP contribution in [0.25, 0.3) is 0 Å². The lowest BCUT2D eigenvalue weighted by Crippen LogP contribution is -2.40. The van der Waals surface area contributed by atoms with E-state index in [1.54, 1.807) is 0 Å². The number of nitrogens with zero attached hydrogens (tertiary/aromatic N) is 1. The van der Waals surface area contributed by atoms with Gasteiger partial charge in [-0.25, -0.2) is 0 Å². The summed E-state index contributed by atoms with van der Waals surface area (Å²) >= 11 is 5.64. The molecule has 5 nitrogen and oxygen atoms in total. The number of hydrogen-bond donors (Lipinski definition) is 0. The Morgan fingerprint density at radius 2 is 1.70 bits per heavy atom. The zero-order valence-corrected chi connectivity index (χ0v) is 16.4. The molecule has 0 unspecified atom stereocenters. The monoisotopic (exact) mass is 387 g/mol. The van der Waals surface area contributed by atoms with Crippen molar-refractivity contribution in [2.45, 2.75) is 6.92 Å². The third kappa shape index (κ3) is 5.58. The molecule has 6 heteroatoms. The standard InChI is InChI=1S/C21H25NO4S/c1-2-24-20-16-17(21(27)22-10-12-23-13-11-22)8-9-19(20)26-15-14-25-18-6-4-3-5-7-18/h3-9,16H,2,10-15H2,1H3. The first kappa shape index (κ1) is 19.5. The maximum absolute atomic E-state index is 5.86. The molecule has 144 valence electrons. The predicted octanol–water partition coefficient (Wildman–Crippen LogP) is 3.55. The molecule has 2 aromatic rings. The fourth-order valence-electron chi connectivity index (χ4n) is 2.81. The molecule has 27 heavy (non-hydrogen) atoms. The van der Waals surface area contributed by atoms with Gasteiger partial charge in [-0.15, -0.1) is 0 Å². The van der Waals surface area contributed by atoms with Crippen LogP contribution in [0.3, 0.4) is 0 Å². The van der Waals surface area contributed by atoms with Crippen molar-refractivity contribution in [2.75, 3.05) is 46.1 Å². The fourth-order valence-corrected chi connectivity index (χ4v) is 3.12. The Balaban J connectivity index is 1.60. The van der Waals surface area contributed by atoms with Gasteiger partial charge in [0.15, 0.2) is 11.5 Å². The Hall–Kier alpha value is -2.31. The van der Waals surface area contributed by atoms with Crippen LogP contribution >= 0.6 is 12.2 Å². The van der Waals surface area contributed by atoms with Crippen LogP contribution in [0.5, 0.6) is 17.2 Å². The van der Waals surface area contributed by atoms with Crippen LogP contribution in [-0.2, 0) is 4.74 Å². The Bertz CT molecular complexity index is 732. The van der Waals surface area contributed by atoms with Gasteiger partial charge in [0.25, 0.3) is 0 Å². The fraction of sp³-hybridized carbons (Fsp3) is 0.381. The average Bonchev–Trinajstić information content (AvgIpc) is 2.73.